The van der Waals surface area contributed by atoms with Crippen LogP contribution in [-0.4, -0.2) is 54.4 Å². The van der Waals surface area contributed by atoms with Gasteiger partial charge in [-0.05, 0) is 67.4 Å². The Morgan fingerprint density at radius 2 is 1.57 bits per heavy atom. The number of esters is 1. The number of anilines is 1. The summed E-state index contributed by atoms with van der Waals surface area (Å²) in [4.78, 5) is 25.7. The van der Waals surface area contributed by atoms with Gasteiger partial charge in [0.15, 0.2) is 0 Å². The number of aliphatic hydroxyl groups is 2. The van der Waals surface area contributed by atoms with E-state index in [9.17, 15) is 32.6 Å². The third-order valence-electron chi connectivity index (χ3n) is 7.23. The molecule has 0 radical (unpaired) electrons. The fourth-order valence-corrected chi connectivity index (χ4v) is 5.68. The van der Waals surface area contributed by atoms with Crippen LogP contribution >= 0.6 is 0 Å². The third kappa shape index (κ3) is 8.15. The Morgan fingerprint density at radius 3 is 2.13 bits per heavy atom. The first-order valence-corrected chi connectivity index (χ1v) is 16.0. The van der Waals surface area contributed by atoms with E-state index in [4.69, 9.17) is 5.14 Å². The average molecular weight is 650 g/mol. The number of rotatable bonds is 12. The molecular formula is C34H36FN3O7S. The summed E-state index contributed by atoms with van der Waals surface area (Å²) >= 11 is 0. The minimum atomic E-state index is -3.94. The molecule has 0 unspecified atom stereocenters. The van der Waals surface area contributed by atoms with Gasteiger partial charge in [-0.25, -0.2) is 17.9 Å². The molecular weight excluding hydrogens is 613 g/mol. The van der Waals surface area contributed by atoms with Crippen molar-refractivity contribution in [1.29, 1.82) is 0 Å². The van der Waals surface area contributed by atoms with E-state index in [2.05, 4.69) is 10.1 Å². The SMILES string of the molecule is COC(=O)C[C@H](O)C[C@@H](O)C=Cc1c(-c2ccc(F)cc2)c(-c2ccccc2)c(C(=O)Nc2ccc(S(N)(=O)=O)cc2)n1C(C)C. The van der Waals surface area contributed by atoms with E-state index in [1.54, 1.807) is 22.8 Å². The molecule has 0 fully saturated rings. The van der Waals surface area contributed by atoms with Crippen LogP contribution in [0, 0.1) is 5.82 Å². The van der Waals surface area contributed by atoms with Crippen LogP contribution < -0.4 is 10.5 Å². The maximum absolute atomic E-state index is 14.2. The van der Waals surface area contributed by atoms with Crippen molar-refractivity contribution in [1.82, 2.24) is 4.57 Å². The van der Waals surface area contributed by atoms with Crippen LogP contribution in [0.3, 0.4) is 0 Å². The Labute approximate surface area is 267 Å². The predicted molar refractivity (Wildman–Crippen MR) is 174 cm³/mol. The predicted octanol–water partition coefficient (Wildman–Crippen LogP) is 5.13. The molecule has 0 aliphatic carbocycles. The molecule has 242 valence electrons. The number of aliphatic hydroxyl groups excluding tert-OH is 2. The Kier molecular flexibility index (Phi) is 10.9. The van der Waals surface area contributed by atoms with Gasteiger partial charge >= 0.3 is 5.97 Å². The molecule has 12 heteroatoms. The van der Waals surface area contributed by atoms with Gasteiger partial charge in [0.1, 0.15) is 11.5 Å². The molecule has 5 N–H and O–H groups in total. The maximum Gasteiger partial charge on any atom is 0.308 e. The van der Waals surface area contributed by atoms with Crippen molar-refractivity contribution in [3.8, 4) is 22.3 Å². The topological polar surface area (TPSA) is 161 Å². The number of carbonyl (C=O) groups is 2. The highest BCUT2D eigenvalue weighted by molar-refractivity contribution is 7.89. The zero-order chi connectivity index (χ0) is 33.6. The highest BCUT2D eigenvalue weighted by Gasteiger charge is 2.29. The number of primary sulfonamides is 1. The lowest BCUT2D eigenvalue weighted by atomic mass is 9.94. The minimum Gasteiger partial charge on any atom is -0.469 e. The summed E-state index contributed by atoms with van der Waals surface area (Å²) in [5.41, 5.74) is 3.54. The number of halogens is 1. The van der Waals surface area contributed by atoms with Crippen molar-refractivity contribution in [2.24, 2.45) is 5.14 Å². The van der Waals surface area contributed by atoms with Gasteiger partial charge in [-0.1, -0.05) is 48.5 Å². The third-order valence-corrected chi connectivity index (χ3v) is 8.16. The highest BCUT2D eigenvalue weighted by Crippen LogP contribution is 2.43. The second-order valence-electron chi connectivity index (χ2n) is 10.9. The molecule has 0 saturated carbocycles. The summed E-state index contributed by atoms with van der Waals surface area (Å²) in [6.07, 6.45) is 0.356. The van der Waals surface area contributed by atoms with E-state index in [-0.39, 0.29) is 29.5 Å². The zero-order valence-corrected chi connectivity index (χ0v) is 26.4. The summed E-state index contributed by atoms with van der Waals surface area (Å²) in [5.74, 6) is -1.56. The van der Waals surface area contributed by atoms with Gasteiger partial charge in [0.25, 0.3) is 5.91 Å². The van der Waals surface area contributed by atoms with Crippen molar-refractivity contribution in [2.45, 2.75) is 49.8 Å². The zero-order valence-electron chi connectivity index (χ0n) is 25.6. The van der Waals surface area contributed by atoms with Crippen LogP contribution in [0.5, 0.6) is 0 Å². The standard InChI is InChI=1S/C34H36FN3O7S/c1-21(2)38-29(18-15-26(39)19-27(40)20-30(41)45-3)31(23-9-11-24(35)12-10-23)32(22-7-5-4-6-8-22)33(38)34(42)37-25-13-16-28(17-14-25)46(36,43)44/h4-18,21,26-27,39-40H,19-20H2,1-3H3,(H,37,42)(H2,36,43,44)/t26-,27+/m0/s1. The molecule has 1 aromatic heterocycles. The van der Waals surface area contributed by atoms with Crippen LogP contribution in [0.2, 0.25) is 0 Å². The number of sulfonamides is 1. The average Bonchev–Trinajstić information content (AvgIpc) is 3.36. The lowest BCUT2D eigenvalue weighted by molar-refractivity contribution is -0.143. The van der Waals surface area contributed by atoms with Gasteiger partial charge < -0.3 is 24.8 Å². The van der Waals surface area contributed by atoms with Gasteiger partial charge in [0.2, 0.25) is 10.0 Å². The normalized spacial score (nSPS) is 13.1. The van der Waals surface area contributed by atoms with Gasteiger partial charge in [-0.15, -0.1) is 0 Å². The second-order valence-corrected chi connectivity index (χ2v) is 12.5. The lowest BCUT2D eigenvalue weighted by Gasteiger charge is -2.17. The van der Waals surface area contributed by atoms with Crippen molar-refractivity contribution in [3.05, 3.63) is 102 Å². The summed E-state index contributed by atoms with van der Waals surface area (Å²) in [6.45, 7) is 3.77. The number of hydrogen-bond donors (Lipinski definition) is 4. The van der Waals surface area contributed by atoms with Crippen LogP contribution in [0.15, 0.2) is 89.8 Å². The smallest absolute Gasteiger partial charge is 0.308 e. The lowest BCUT2D eigenvalue weighted by Crippen LogP contribution is -2.21. The number of carbonyl (C=O) groups excluding carboxylic acids is 2. The molecule has 0 bridgehead atoms. The largest absolute Gasteiger partial charge is 0.469 e. The number of ether oxygens (including phenoxy) is 1. The van der Waals surface area contributed by atoms with E-state index < -0.39 is 39.9 Å². The first kappa shape index (κ1) is 34.3. The van der Waals surface area contributed by atoms with Crippen LogP contribution in [-0.2, 0) is 19.6 Å². The second kappa shape index (κ2) is 14.6. The quantitative estimate of drug-likeness (QED) is 0.155. The summed E-state index contributed by atoms with van der Waals surface area (Å²) in [6, 6.07) is 20.1. The molecule has 0 spiro atoms. The van der Waals surface area contributed by atoms with Crippen molar-refractivity contribution in [3.63, 3.8) is 0 Å². The molecule has 4 aromatic rings. The molecule has 10 nitrogen and oxygen atoms in total. The van der Waals surface area contributed by atoms with Gasteiger partial charge in [0.05, 0.1) is 30.6 Å². The van der Waals surface area contributed by atoms with E-state index in [0.717, 1.165) is 0 Å². The van der Waals surface area contributed by atoms with Gasteiger partial charge in [0, 0.05) is 35.0 Å². The molecule has 46 heavy (non-hydrogen) atoms. The van der Waals surface area contributed by atoms with E-state index in [1.807, 2.05) is 44.2 Å². The number of nitrogens with zero attached hydrogens (tertiary/aromatic N) is 1. The Hall–Kier alpha value is -4.62. The van der Waals surface area contributed by atoms with Crippen LogP contribution in [0.1, 0.15) is 48.9 Å². The molecule has 2 atom stereocenters. The molecule has 3 aromatic carbocycles. The first-order valence-electron chi connectivity index (χ1n) is 14.4. The van der Waals surface area contributed by atoms with Crippen molar-refractivity contribution >= 4 is 33.7 Å². The number of nitrogens with two attached hydrogens (primary N) is 1. The first-order chi connectivity index (χ1) is 21.8. The summed E-state index contributed by atoms with van der Waals surface area (Å²) in [7, 11) is -2.73. The Bertz CT molecular complexity index is 1820. The monoisotopic (exact) mass is 649 g/mol. The van der Waals surface area contributed by atoms with E-state index in [0.29, 0.717) is 33.6 Å². The number of nitrogens with one attached hydrogen (secondary N) is 1. The number of amides is 1. The molecule has 0 aliphatic heterocycles. The van der Waals surface area contributed by atoms with E-state index in [1.165, 1.54) is 49.6 Å². The number of hydrogen-bond acceptors (Lipinski definition) is 7. The Balaban J connectivity index is 1.91. The van der Waals surface area contributed by atoms with Gasteiger partial charge in [-0.3, -0.25) is 9.59 Å². The molecule has 0 aliphatic rings. The van der Waals surface area contributed by atoms with Crippen molar-refractivity contribution < 1.29 is 37.3 Å². The Morgan fingerprint density at radius 1 is 0.957 bits per heavy atom. The fraction of sp³-hybridized carbons (Fsp3) is 0.235. The number of aromatic nitrogens is 1. The molecule has 1 amide bonds. The summed E-state index contributed by atoms with van der Waals surface area (Å²) < 4.78 is 43.9. The van der Waals surface area contributed by atoms with Crippen LogP contribution in [0.25, 0.3) is 28.3 Å². The summed E-state index contributed by atoms with van der Waals surface area (Å²) in [5, 5.41) is 29.1. The molecule has 4 rings (SSSR count). The highest BCUT2D eigenvalue weighted by atomic mass is 32.2. The molecule has 0 saturated heterocycles. The minimum absolute atomic E-state index is 0.109. The fourth-order valence-electron chi connectivity index (χ4n) is 5.16. The molecule has 1 heterocycles. The van der Waals surface area contributed by atoms with E-state index >= 15 is 0 Å². The van der Waals surface area contributed by atoms with Crippen molar-refractivity contribution in [2.75, 3.05) is 12.4 Å². The van der Waals surface area contributed by atoms with Crippen LogP contribution in [0.4, 0.5) is 10.1 Å². The van der Waals surface area contributed by atoms with Gasteiger partial charge in [-0.2, -0.15) is 0 Å². The number of benzene rings is 3. The number of methoxy groups -OCH3 is 1. The maximum atomic E-state index is 14.2.